The Labute approximate surface area is 173 Å². The summed E-state index contributed by atoms with van der Waals surface area (Å²) in [6.45, 7) is 1.52. The van der Waals surface area contributed by atoms with E-state index in [1.54, 1.807) is 25.3 Å². The molecule has 0 spiro atoms. The molecule has 1 fully saturated rings. The molecule has 0 aliphatic carbocycles. The SMILES string of the molecule is COc1ccc(Cl)cc1N1CCC(NC(=O)c2ccc3nc(Cl)ccc3c2)C1. The van der Waals surface area contributed by atoms with Crippen molar-refractivity contribution in [1.29, 1.82) is 0 Å². The van der Waals surface area contributed by atoms with Crippen LogP contribution in [0.4, 0.5) is 5.69 Å². The van der Waals surface area contributed by atoms with E-state index in [4.69, 9.17) is 27.9 Å². The number of fused-ring (bicyclic) bond motifs is 1. The molecule has 144 valence electrons. The average molecular weight is 416 g/mol. The number of benzene rings is 2. The zero-order valence-electron chi connectivity index (χ0n) is 15.3. The number of anilines is 1. The second-order valence-corrected chi connectivity index (χ2v) is 7.59. The van der Waals surface area contributed by atoms with E-state index < -0.39 is 0 Å². The predicted octanol–water partition coefficient (Wildman–Crippen LogP) is 4.56. The van der Waals surface area contributed by atoms with Crippen molar-refractivity contribution in [3.05, 3.63) is 64.3 Å². The molecule has 1 aromatic heterocycles. The van der Waals surface area contributed by atoms with Crippen molar-refractivity contribution in [2.45, 2.75) is 12.5 Å². The normalized spacial score (nSPS) is 16.4. The van der Waals surface area contributed by atoms with Crippen LogP contribution in [0.2, 0.25) is 10.2 Å². The Bertz CT molecular complexity index is 1040. The summed E-state index contributed by atoms with van der Waals surface area (Å²) in [4.78, 5) is 19.1. The van der Waals surface area contributed by atoms with Crippen LogP contribution in [0.3, 0.4) is 0 Å². The molecule has 3 aromatic rings. The van der Waals surface area contributed by atoms with Crippen LogP contribution in [-0.4, -0.2) is 37.1 Å². The monoisotopic (exact) mass is 415 g/mol. The number of nitrogens with one attached hydrogen (secondary N) is 1. The number of ether oxygens (including phenoxy) is 1. The lowest BCUT2D eigenvalue weighted by Gasteiger charge is -2.21. The van der Waals surface area contributed by atoms with Gasteiger partial charge in [0.1, 0.15) is 10.9 Å². The van der Waals surface area contributed by atoms with E-state index in [-0.39, 0.29) is 11.9 Å². The van der Waals surface area contributed by atoms with Gasteiger partial charge in [-0.1, -0.05) is 23.2 Å². The quantitative estimate of drug-likeness (QED) is 0.634. The molecular formula is C21H19Cl2N3O2. The smallest absolute Gasteiger partial charge is 0.251 e. The highest BCUT2D eigenvalue weighted by Crippen LogP contribution is 2.33. The molecule has 28 heavy (non-hydrogen) atoms. The van der Waals surface area contributed by atoms with Crippen molar-refractivity contribution in [2.24, 2.45) is 0 Å². The lowest BCUT2D eigenvalue weighted by atomic mass is 10.1. The Balaban J connectivity index is 1.46. The van der Waals surface area contributed by atoms with E-state index in [2.05, 4.69) is 15.2 Å². The highest BCUT2D eigenvalue weighted by Gasteiger charge is 2.26. The molecule has 4 rings (SSSR count). The molecule has 1 N–H and O–H groups in total. The first-order valence-electron chi connectivity index (χ1n) is 8.99. The molecule has 0 bridgehead atoms. The van der Waals surface area contributed by atoms with E-state index in [0.717, 1.165) is 35.3 Å². The first-order valence-corrected chi connectivity index (χ1v) is 9.75. The van der Waals surface area contributed by atoms with Gasteiger partial charge in [0, 0.05) is 35.1 Å². The van der Waals surface area contributed by atoms with Crippen LogP contribution in [0.15, 0.2) is 48.5 Å². The first-order chi connectivity index (χ1) is 13.5. The summed E-state index contributed by atoms with van der Waals surface area (Å²) in [5.41, 5.74) is 2.32. The Morgan fingerprint density at radius 1 is 1.18 bits per heavy atom. The Morgan fingerprint density at radius 2 is 2.04 bits per heavy atom. The van der Waals surface area contributed by atoms with Gasteiger partial charge in [0.05, 0.1) is 18.3 Å². The molecule has 1 unspecified atom stereocenters. The van der Waals surface area contributed by atoms with Crippen molar-refractivity contribution in [1.82, 2.24) is 10.3 Å². The zero-order valence-corrected chi connectivity index (χ0v) is 16.8. The van der Waals surface area contributed by atoms with Gasteiger partial charge in [0.2, 0.25) is 0 Å². The van der Waals surface area contributed by atoms with Crippen molar-refractivity contribution in [3.63, 3.8) is 0 Å². The summed E-state index contributed by atoms with van der Waals surface area (Å²) in [6.07, 6.45) is 0.853. The molecule has 2 heterocycles. The molecule has 0 saturated carbocycles. The van der Waals surface area contributed by atoms with E-state index in [1.807, 2.05) is 30.3 Å². The van der Waals surface area contributed by atoms with Crippen LogP contribution in [0.25, 0.3) is 10.9 Å². The molecule has 0 radical (unpaired) electrons. The van der Waals surface area contributed by atoms with E-state index >= 15 is 0 Å². The number of carbonyl (C=O) groups excluding carboxylic acids is 1. The van der Waals surface area contributed by atoms with Gasteiger partial charge in [-0.05, 0) is 55.0 Å². The summed E-state index contributed by atoms with van der Waals surface area (Å²) in [5.74, 6) is 0.679. The lowest BCUT2D eigenvalue weighted by Crippen LogP contribution is -2.37. The summed E-state index contributed by atoms with van der Waals surface area (Å²) < 4.78 is 5.44. The maximum absolute atomic E-state index is 12.7. The molecular weight excluding hydrogens is 397 g/mol. The number of rotatable bonds is 4. The maximum Gasteiger partial charge on any atom is 0.251 e. The van der Waals surface area contributed by atoms with Gasteiger partial charge in [-0.2, -0.15) is 0 Å². The molecule has 5 nitrogen and oxygen atoms in total. The molecule has 7 heteroatoms. The predicted molar refractivity (Wildman–Crippen MR) is 113 cm³/mol. The zero-order chi connectivity index (χ0) is 19.7. The highest BCUT2D eigenvalue weighted by molar-refractivity contribution is 6.31. The van der Waals surface area contributed by atoms with Gasteiger partial charge in [0.15, 0.2) is 0 Å². The summed E-state index contributed by atoms with van der Waals surface area (Å²) in [7, 11) is 1.64. The number of carbonyl (C=O) groups is 1. The van der Waals surface area contributed by atoms with Crippen LogP contribution >= 0.6 is 23.2 Å². The van der Waals surface area contributed by atoms with E-state index in [9.17, 15) is 4.79 Å². The third-order valence-corrected chi connectivity index (χ3v) is 5.37. The second-order valence-electron chi connectivity index (χ2n) is 6.76. The van der Waals surface area contributed by atoms with Crippen LogP contribution in [0.5, 0.6) is 5.75 Å². The van der Waals surface area contributed by atoms with Gasteiger partial charge in [-0.25, -0.2) is 4.98 Å². The fourth-order valence-electron chi connectivity index (χ4n) is 3.52. The van der Waals surface area contributed by atoms with Crippen LogP contribution in [-0.2, 0) is 0 Å². The van der Waals surface area contributed by atoms with Gasteiger partial charge in [0.25, 0.3) is 5.91 Å². The van der Waals surface area contributed by atoms with Crippen molar-refractivity contribution in [3.8, 4) is 5.75 Å². The molecule has 1 aliphatic rings. The van der Waals surface area contributed by atoms with Gasteiger partial charge < -0.3 is 15.0 Å². The molecule has 1 atom stereocenters. The third-order valence-electron chi connectivity index (χ3n) is 4.92. The van der Waals surface area contributed by atoms with Gasteiger partial charge in [-0.15, -0.1) is 0 Å². The number of nitrogens with zero attached hydrogens (tertiary/aromatic N) is 2. The summed E-state index contributed by atoms with van der Waals surface area (Å²) in [5, 5.41) is 5.10. The number of amides is 1. The van der Waals surface area contributed by atoms with Gasteiger partial charge >= 0.3 is 0 Å². The molecule has 1 saturated heterocycles. The molecule has 1 amide bonds. The van der Waals surface area contributed by atoms with Crippen LogP contribution in [0, 0.1) is 0 Å². The molecule has 1 aliphatic heterocycles. The second kappa shape index (κ2) is 7.86. The molecule has 2 aromatic carbocycles. The van der Waals surface area contributed by atoms with Gasteiger partial charge in [-0.3, -0.25) is 4.79 Å². The van der Waals surface area contributed by atoms with Crippen molar-refractivity contribution >= 4 is 45.7 Å². The fraction of sp³-hybridized carbons (Fsp3) is 0.238. The maximum atomic E-state index is 12.7. The summed E-state index contributed by atoms with van der Waals surface area (Å²) >= 11 is 12.1. The number of hydrogen-bond donors (Lipinski definition) is 1. The Morgan fingerprint density at radius 3 is 2.86 bits per heavy atom. The number of aromatic nitrogens is 1. The standard InChI is InChI=1S/C21H19Cl2N3O2/c1-28-19-6-4-15(22)11-18(19)26-9-8-16(12-26)24-21(27)14-2-5-17-13(10-14)3-7-20(23)25-17/h2-7,10-11,16H,8-9,12H2,1H3,(H,24,27). The summed E-state index contributed by atoms with van der Waals surface area (Å²) in [6, 6.07) is 14.6. The number of methoxy groups -OCH3 is 1. The topological polar surface area (TPSA) is 54.5 Å². The highest BCUT2D eigenvalue weighted by atomic mass is 35.5. The Kier molecular flexibility index (Phi) is 5.29. The van der Waals surface area contributed by atoms with Crippen LogP contribution < -0.4 is 15.0 Å². The minimum absolute atomic E-state index is 0.0511. The largest absolute Gasteiger partial charge is 0.495 e. The fourth-order valence-corrected chi connectivity index (χ4v) is 3.84. The van der Waals surface area contributed by atoms with E-state index in [0.29, 0.717) is 22.3 Å². The van der Waals surface area contributed by atoms with Crippen LogP contribution in [0.1, 0.15) is 16.8 Å². The van der Waals surface area contributed by atoms with Crippen molar-refractivity contribution in [2.75, 3.05) is 25.1 Å². The number of hydrogen-bond acceptors (Lipinski definition) is 4. The third kappa shape index (κ3) is 3.86. The van der Waals surface area contributed by atoms with Crippen molar-refractivity contribution < 1.29 is 9.53 Å². The minimum Gasteiger partial charge on any atom is -0.495 e. The first kappa shape index (κ1) is 18.8. The minimum atomic E-state index is -0.0956. The lowest BCUT2D eigenvalue weighted by molar-refractivity contribution is 0.0940. The number of pyridine rings is 1. The average Bonchev–Trinajstić information content (AvgIpc) is 3.15. The van der Waals surface area contributed by atoms with E-state index in [1.165, 1.54) is 0 Å². The number of halogens is 2. The Hall–Kier alpha value is -2.50.